The fourth-order valence-corrected chi connectivity index (χ4v) is 7.91. The van der Waals surface area contributed by atoms with E-state index in [1.54, 1.807) is 42.5 Å². The van der Waals surface area contributed by atoms with Crippen molar-refractivity contribution in [1.29, 1.82) is 0 Å². The Kier molecular flexibility index (Phi) is 7.76. The van der Waals surface area contributed by atoms with Gasteiger partial charge in [-0.3, -0.25) is 14.9 Å². The van der Waals surface area contributed by atoms with Gasteiger partial charge in [0.25, 0.3) is 11.6 Å². The van der Waals surface area contributed by atoms with E-state index in [1.165, 1.54) is 40.7 Å². The van der Waals surface area contributed by atoms with E-state index in [-0.39, 0.29) is 42.1 Å². The minimum Gasteiger partial charge on any atom is -0.487 e. The van der Waals surface area contributed by atoms with Gasteiger partial charge >= 0.3 is 10.2 Å². The Morgan fingerprint density at radius 3 is 2.44 bits per heavy atom. The van der Waals surface area contributed by atoms with Crippen LogP contribution < -0.4 is 13.8 Å². The molecular formula is C30H25FN4O8S2. The van der Waals surface area contributed by atoms with E-state index in [0.717, 1.165) is 5.56 Å². The lowest BCUT2D eigenvalue weighted by atomic mass is 10.0. The molecule has 1 fully saturated rings. The molecule has 45 heavy (non-hydrogen) atoms. The van der Waals surface area contributed by atoms with Crippen LogP contribution in [0.4, 0.5) is 15.8 Å². The topological polar surface area (TPSA) is 156 Å². The first-order valence-corrected chi connectivity index (χ1v) is 16.6. The molecule has 0 atom stereocenters. The van der Waals surface area contributed by atoms with E-state index in [1.807, 2.05) is 10.8 Å². The number of nitrogens with zero attached hydrogens (tertiary/aromatic N) is 3. The van der Waals surface area contributed by atoms with Crippen LogP contribution in [0.25, 0.3) is 16.3 Å². The molecule has 2 aliphatic heterocycles. The number of rotatable bonds is 9. The Bertz CT molecular complexity index is 2110. The molecule has 1 N–H and O–H groups in total. The maximum absolute atomic E-state index is 16.3. The molecule has 2 aliphatic rings. The first-order chi connectivity index (χ1) is 21.4. The molecule has 1 amide bonds. The van der Waals surface area contributed by atoms with Gasteiger partial charge in [-0.15, -0.1) is 0 Å². The highest BCUT2D eigenvalue weighted by atomic mass is 32.2. The lowest BCUT2D eigenvalue weighted by molar-refractivity contribution is -0.385. The Labute approximate surface area is 257 Å². The second kappa shape index (κ2) is 11.6. The van der Waals surface area contributed by atoms with Crippen LogP contribution in [0.15, 0.2) is 84.9 Å². The number of carbonyl (C=O) groups excluding carboxylic acids is 1. The molecular weight excluding hydrogens is 627 g/mol. The maximum Gasteiger partial charge on any atom is 0.326 e. The summed E-state index contributed by atoms with van der Waals surface area (Å²) >= 11 is 0. The molecule has 1 saturated heterocycles. The van der Waals surface area contributed by atoms with Crippen molar-refractivity contribution in [3.63, 3.8) is 0 Å². The van der Waals surface area contributed by atoms with Crippen molar-refractivity contribution in [3.8, 4) is 5.75 Å². The number of nitrogens with one attached hydrogen (secondary N) is 1. The Balaban J connectivity index is 1.32. The Hall–Kier alpha value is -4.86. The zero-order valence-corrected chi connectivity index (χ0v) is 25.1. The number of hydrogen-bond donors (Lipinski definition) is 1. The molecule has 0 aromatic heterocycles. The van der Waals surface area contributed by atoms with Crippen molar-refractivity contribution in [1.82, 2.24) is 9.03 Å². The molecule has 232 valence electrons. The fraction of sp³-hybridized carbons (Fsp3) is 0.167. The highest BCUT2D eigenvalue weighted by Crippen LogP contribution is 2.41. The normalized spacial score (nSPS) is 16.5. The summed E-state index contributed by atoms with van der Waals surface area (Å²) in [4.78, 5) is 22.8. The molecule has 2 heterocycles. The fourth-order valence-electron chi connectivity index (χ4n) is 5.29. The van der Waals surface area contributed by atoms with Gasteiger partial charge in [-0.2, -0.15) is 12.7 Å². The standard InChI is InChI=1S/C30H25FN4O8S2/c31-29-25-14-21(23-12-13-33(16-23)44(39,40)19-24-8-4-5-9-26(24)35(37)38)10-11-22(25)15-27(43-18-20-6-2-1-3-7-20)30(29)34-17-28(36)32-45(34,41)42/h1-12,14-15H,13,16-19H2,(H,32,36). The summed E-state index contributed by atoms with van der Waals surface area (Å²) < 4.78 is 77.8. The smallest absolute Gasteiger partial charge is 0.326 e. The van der Waals surface area contributed by atoms with Crippen LogP contribution in [0, 0.1) is 15.9 Å². The molecule has 15 heteroatoms. The average molecular weight is 653 g/mol. The number of amides is 1. The van der Waals surface area contributed by atoms with E-state index < -0.39 is 54.9 Å². The van der Waals surface area contributed by atoms with Crippen LogP contribution in [0.5, 0.6) is 5.75 Å². The number of anilines is 1. The van der Waals surface area contributed by atoms with Gasteiger partial charge in [-0.25, -0.2) is 21.8 Å². The van der Waals surface area contributed by atoms with Crippen molar-refractivity contribution in [2.75, 3.05) is 23.9 Å². The van der Waals surface area contributed by atoms with Gasteiger partial charge in [-0.1, -0.05) is 66.7 Å². The van der Waals surface area contributed by atoms with E-state index >= 15 is 4.39 Å². The molecule has 0 saturated carbocycles. The van der Waals surface area contributed by atoms with Crippen LogP contribution >= 0.6 is 0 Å². The number of ether oxygens (including phenoxy) is 1. The average Bonchev–Trinajstić information content (AvgIpc) is 3.61. The number of nitro groups is 1. The number of carbonyl (C=O) groups is 1. The number of nitro benzene ring substituents is 1. The molecule has 0 spiro atoms. The Morgan fingerprint density at radius 1 is 1.00 bits per heavy atom. The molecule has 0 unspecified atom stereocenters. The molecule has 12 nitrogen and oxygen atoms in total. The first kappa shape index (κ1) is 30.2. The SMILES string of the molecule is O=C1CN(c2c(OCc3ccccc3)cc3ccc(C4=CCN(S(=O)(=O)Cc5ccccc5[N+](=O)[O-])C4)cc3c2F)S(=O)(=O)N1. The van der Waals surface area contributed by atoms with Gasteiger partial charge in [0.05, 0.1) is 10.7 Å². The van der Waals surface area contributed by atoms with Gasteiger partial charge < -0.3 is 4.74 Å². The monoisotopic (exact) mass is 652 g/mol. The summed E-state index contributed by atoms with van der Waals surface area (Å²) in [6, 6.07) is 20.9. The number of benzene rings is 4. The third kappa shape index (κ3) is 5.96. The summed E-state index contributed by atoms with van der Waals surface area (Å²) in [6.45, 7) is -0.671. The summed E-state index contributed by atoms with van der Waals surface area (Å²) in [5, 5.41) is 11.8. The highest BCUT2D eigenvalue weighted by molar-refractivity contribution is 7.92. The van der Waals surface area contributed by atoms with Gasteiger partial charge in [-0.05, 0) is 34.2 Å². The second-order valence-electron chi connectivity index (χ2n) is 10.4. The zero-order chi connectivity index (χ0) is 31.9. The van der Waals surface area contributed by atoms with E-state index in [0.29, 0.717) is 20.8 Å². The van der Waals surface area contributed by atoms with Crippen molar-refractivity contribution < 1.29 is 35.7 Å². The second-order valence-corrected chi connectivity index (χ2v) is 14.0. The molecule has 4 aromatic rings. The summed E-state index contributed by atoms with van der Waals surface area (Å²) in [6.07, 6.45) is 1.67. The largest absolute Gasteiger partial charge is 0.487 e. The van der Waals surface area contributed by atoms with Crippen molar-refractivity contribution in [2.24, 2.45) is 0 Å². The molecule has 0 radical (unpaired) electrons. The first-order valence-electron chi connectivity index (χ1n) is 13.6. The van der Waals surface area contributed by atoms with Crippen LogP contribution in [0.1, 0.15) is 16.7 Å². The number of para-hydroxylation sites is 1. The molecule has 0 bridgehead atoms. The summed E-state index contributed by atoms with van der Waals surface area (Å²) in [5.74, 6) is -2.40. The van der Waals surface area contributed by atoms with Crippen molar-refractivity contribution >= 4 is 53.9 Å². The molecule has 6 rings (SSSR count). The van der Waals surface area contributed by atoms with Crippen molar-refractivity contribution in [3.05, 3.63) is 118 Å². The minimum absolute atomic E-state index is 0.00939. The third-order valence-corrected chi connectivity index (χ3v) is 10.6. The summed E-state index contributed by atoms with van der Waals surface area (Å²) in [7, 11) is -8.34. The van der Waals surface area contributed by atoms with Gasteiger partial charge in [0.1, 0.15) is 24.6 Å². The lowest BCUT2D eigenvalue weighted by Gasteiger charge is -2.21. The molecule has 0 aliphatic carbocycles. The summed E-state index contributed by atoms with van der Waals surface area (Å²) in [5.41, 5.74) is 1.16. The van der Waals surface area contributed by atoms with Crippen LogP contribution in [0.2, 0.25) is 0 Å². The number of fused-ring (bicyclic) bond motifs is 1. The number of sulfonamides is 1. The predicted molar refractivity (Wildman–Crippen MR) is 164 cm³/mol. The quantitative estimate of drug-likeness (QED) is 0.211. The minimum atomic E-state index is -4.38. The van der Waals surface area contributed by atoms with Crippen LogP contribution in [-0.2, 0) is 37.4 Å². The van der Waals surface area contributed by atoms with Crippen LogP contribution in [-0.4, -0.2) is 51.6 Å². The van der Waals surface area contributed by atoms with Gasteiger partial charge in [0.15, 0.2) is 5.82 Å². The van der Waals surface area contributed by atoms with Gasteiger partial charge in [0, 0.05) is 30.1 Å². The number of halogens is 1. The lowest BCUT2D eigenvalue weighted by Crippen LogP contribution is -2.30. The van der Waals surface area contributed by atoms with E-state index in [4.69, 9.17) is 4.74 Å². The number of hydrogen-bond acceptors (Lipinski definition) is 8. The maximum atomic E-state index is 16.3. The predicted octanol–water partition coefficient (Wildman–Crippen LogP) is 3.88. The van der Waals surface area contributed by atoms with Crippen LogP contribution in [0.3, 0.4) is 0 Å². The zero-order valence-electron chi connectivity index (χ0n) is 23.4. The van der Waals surface area contributed by atoms with Gasteiger partial charge in [0.2, 0.25) is 10.0 Å². The third-order valence-electron chi connectivity index (χ3n) is 7.50. The van der Waals surface area contributed by atoms with E-state index in [2.05, 4.69) is 0 Å². The Morgan fingerprint density at radius 2 is 1.73 bits per heavy atom. The van der Waals surface area contributed by atoms with E-state index in [9.17, 15) is 31.7 Å². The van der Waals surface area contributed by atoms with Crippen molar-refractivity contribution in [2.45, 2.75) is 12.4 Å². The highest BCUT2D eigenvalue weighted by Gasteiger charge is 2.38. The molecule has 4 aromatic carbocycles.